The van der Waals surface area contributed by atoms with E-state index in [2.05, 4.69) is 13.8 Å². The van der Waals surface area contributed by atoms with Crippen LogP contribution in [0.25, 0.3) is 0 Å². The second kappa shape index (κ2) is 8.27. The third-order valence-corrected chi connectivity index (χ3v) is 8.62. The summed E-state index contributed by atoms with van der Waals surface area (Å²) < 4.78 is 0. The summed E-state index contributed by atoms with van der Waals surface area (Å²) in [5.74, 6) is 1.37. The van der Waals surface area contributed by atoms with Gasteiger partial charge in [-0.05, 0) is 68.1 Å². The monoisotopic (exact) mass is 314 g/mol. The van der Waals surface area contributed by atoms with E-state index < -0.39 is 0 Å². The molecule has 0 radical (unpaired) electrons. The predicted octanol–water partition coefficient (Wildman–Crippen LogP) is 4.33. The third-order valence-electron chi connectivity index (χ3n) is 6.04. The molecule has 0 aromatic carbocycles. The maximum absolute atomic E-state index is 10.2. The lowest BCUT2D eigenvalue weighted by Gasteiger charge is -2.50. The molecule has 2 aliphatic carbocycles. The summed E-state index contributed by atoms with van der Waals surface area (Å²) in [7, 11) is 1.01. The Kier molecular flexibility index (Phi) is 6.97. The maximum atomic E-state index is 10.2. The summed E-state index contributed by atoms with van der Waals surface area (Å²) in [6.07, 6.45) is 12.7. The van der Waals surface area contributed by atoms with Crippen LogP contribution in [-0.2, 0) is 0 Å². The quantitative estimate of drug-likeness (QED) is 0.717. The van der Waals surface area contributed by atoms with Gasteiger partial charge in [0.05, 0.1) is 12.2 Å². The van der Waals surface area contributed by atoms with E-state index in [4.69, 9.17) is 0 Å². The van der Waals surface area contributed by atoms with Crippen LogP contribution in [0.2, 0.25) is 0 Å². The summed E-state index contributed by atoms with van der Waals surface area (Å²) in [4.78, 5) is 0. The first-order valence-electron chi connectivity index (χ1n) is 9.23. The molecule has 124 valence electrons. The largest absolute Gasteiger partial charge is 0.393 e. The van der Waals surface area contributed by atoms with Crippen molar-refractivity contribution in [2.75, 3.05) is 6.16 Å². The van der Waals surface area contributed by atoms with Crippen molar-refractivity contribution >= 4 is 8.58 Å². The van der Waals surface area contributed by atoms with Crippen LogP contribution in [0.15, 0.2) is 0 Å². The molecule has 2 aliphatic rings. The fraction of sp³-hybridized carbons (Fsp3) is 1.00. The van der Waals surface area contributed by atoms with Gasteiger partial charge < -0.3 is 10.2 Å². The number of hydrogen-bond donors (Lipinski definition) is 2. The van der Waals surface area contributed by atoms with Crippen LogP contribution in [0.3, 0.4) is 0 Å². The second-order valence-electron chi connectivity index (χ2n) is 7.36. The Hall–Kier alpha value is 0.350. The van der Waals surface area contributed by atoms with Crippen LogP contribution in [0, 0.1) is 11.8 Å². The van der Waals surface area contributed by atoms with Crippen LogP contribution >= 0.6 is 8.58 Å². The number of hydrogen-bond acceptors (Lipinski definition) is 2. The van der Waals surface area contributed by atoms with Gasteiger partial charge in [0.25, 0.3) is 0 Å². The van der Waals surface area contributed by atoms with Crippen LogP contribution in [-0.4, -0.2) is 33.7 Å². The lowest BCUT2D eigenvalue weighted by atomic mass is 9.67. The Morgan fingerprint density at radius 1 is 0.905 bits per heavy atom. The Morgan fingerprint density at radius 2 is 1.43 bits per heavy atom. The summed E-state index contributed by atoms with van der Waals surface area (Å²) in [6, 6.07) is 0. The van der Waals surface area contributed by atoms with Crippen molar-refractivity contribution in [3.05, 3.63) is 0 Å². The molecule has 2 nitrogen and oxygen atoms in total. The zero-order valence-corrected chi connectivity index (χ0v) is 15.0. The highest BCUT2D eigenvalue weighted by Gasteiger charge is 2.45. The van der Waals surface area contributed by atoms with Gasteiger partial charge in [0.2, 0.25) is 0 Å². The summed E-state index contributed by atoms with van der Waals surface area (Å²) >= 11 is 0. The highest BCUT2D eigenvalue weighted by Crippen LogP contribution is 2.55. The van der Waals surface area contributed by atoms with Crippen LogP contribution in [0.5, 0.6) is 0 Å². The van der Waals surface area contributed by atoms with Crippen LogP contribution in [0.1, 0.15) is 78.1 Å². The highest BCUT2D eigenvalue weighted by molar-refractivity contribution is 7.40. The fourth-order valence-corrected chi connectivity index (χ4v) is 7.01. The minimum Gasteiger partial charge on any atom is -0.393 e. The summed E-state index contributed by atoms with van der Waals surface area (Å²) in [5.41, 5.74) is 0. The van der Waals surface area contributed by atoms with Gasteiger partial charge in [-0.25, -0.2) is 0 Å². The van der Waals surface area contributed by atoms with Gasteiger partial charge >= 0.3 is 0 Å². The van der Waals surface area contributed by atoms with E-state index in [1.54, 1.807) is 0 Å². The minimum atomic E-state index is -0.0744. The first kappa shape index (κ1) is 17.7. The zero-order chi connectivity index (χ0) is 15.3. The normalized spacial score (nSPS) is 37.7. The van der Waals surface area contributed by atoms with Crippen LogP contribution in [0.4, 0.5) is 0 Å². The molecule has 0 aromatic rings. The Labute approximate surface area is 132 Å². The fourth-order valence-electron chi connectivity index (χ4n) is 4.95. The van der Waals surface area contributed by atoms with E-state index in [0.717, 1.165) is 34.3 Å². The van der Waals surface area contributed by atoms with Crippen molar-refractivity contribution < 1.29 is 10.2 Å². The van der Waals surface area contributed by atoms with Gasteiger partial charge in [0, 0.05) is 0 Å². The van der Waals surface area contributed by atoms with E-state index in [1.807, 2.05) is 0 Å². The van der Waals surface area contributed by atoms with Crippen molar-refractivity contribution in [2.45, 2.75) is 95.4 Å². The van der Waals surface area contributed by atoms with Crippen LogP contribution < -0.4 is 0 Å². The lowest BCUT2D eigenvalue weighted by molar-refractivity contribution is 0.0409. The average Bonchev–Trinajstić information content (AvgIpc) is 2.49. The van der Waals surface area contributed by atoms with Gasteiger partial charge in [0.1, 0.15) is 0 Å². The van der Waals surface area contributed by atoms with Crippen molar-refractivity contribution in [1.29, 1.82) is 0 Å². The average molecular weight is 314 g/mol. The van der Waals surface area contributed by atoms with Gasteiger partial charge in [-0.3, -0.25) is 0 Å². The molecular weight excluding hydrogens is 279 g/mol. The Bertz CT molecular complexity index is 286. The maximum Gasteiger partial charge on any atom is 0.0543 e. The third kappa shape index (κ3) is 4.21. The van der Waals surface area contributed by atoms with Crippen molar-refractivity contribution in [1.82, 2.24) is 0 Å². The van der Waals surface area contributed by atoms with Gasteiger partial charge in [-0.1, -0.05) is 33.1 Å². The Morgan fingerprint density at radius 3 is 1.81 bits per heavy atom. The molecule has 2 rings (SSSR count). The molecule has 0 bridgehead atoms. The standard InChI is InChI=1S/C18H35O2P/c1-3-11-21-18(4-2,14-7-5-9-16(19)12-14)15-8-6-10-17(20)13-15/h14-17,19-21H,3-13H2,1-2H3/t14?,15?,16-,17?,18?/m0/s1. The number of aliphatic hydroxyl groups is 2. The van der Waals surface area contributed by atoms with E-state index in [-0.39, 0.29) is 12.2 Å². The molecule has 5 unspecified atom stereocenters. The minimum absolute atomic E-state index is 0.0744. The van der Waals surface area contributed by atoms with Gasteiger partial charge in [0.15, 0.2) is 0 Å². The topological polar surface area (TPSA) is 40.5 Å². The first-order chi connectivity index (χ1) is 10.1. The molecule has 0 amide bonds. The van der Waals surface area contributed by atoms with Crippen molar-refractivity contribution in [3.8, 4) is 0 Å². The summed E-state index contributed by atoms with van der Waals surface area (Å²) in [6.45, 7) is 4.66. The SMILES string of the molecule is CCCPC(CC)(C1CCCC(O)C1)C1CCC[C@H](O)C1. The smallest absolute Gasteiger partial charge is 0.0543 e. The molecular formula is C18H35O2P. The summed E-state index contributed by atoms with van der Waals surface area (Å²) in [5, 5.41) is 20.7. The van der Waals surface area contributed by atoms with E-state index >= 15 is 0 Å². The molecule has 3 heteroatoms. The first-order valence-corrected chi connectivity index (χ1v) is 10.4. The molecule has 21 heavy (non-hydrogen) atoms. The van der Waals surface area contributed by atoms with Gasteiger partial charge in [-0.2, -0.15) is 0 Å². The molecule has 0 saturated heterocycles. The molecule has 0 aliphatic heterocycles. The van der Waals surface area contributed by atoms with Crippen molar-refractivity contribution in [3.63, 3.8) is 0 Å². The molecule has 0 spiro atoms. The number of rotatable bonds is 6. The molecule has 2 fully saturated rings. The van der Waals surface area contributed by atoms with Crippen molar-refractivity contribution in [2.24, 2.45) is 11.8 Å². The van der Waals surface area contributed by atoms with Gasteiger partial charge in [-0.15, -0.1) is 8.58 Å². The molecule has 2 N–H and O–H groups in total. The molecule has 0 aromatic heterocycles. The lowest BCUT2D eigenvalue weighted by Crippen LogP contribution is -2.46. The Balaban J connectivity index is 2.18. The highest BCUT2D eigenvalue weighted by atomic mass is 31.1. The molecule has 0 heterocycles. The van der Waals surface area contributed by atoms with E-state index in [9.17, 15) is 10.2 Å². The zero-order valence-electron chi connectivity index (χ0n) is 14.0. The number of aliphatic hydroxyl groups excluding tert-OH is 2. The molecule has 2 saturated carbocycles. The second-order valence-corrected chi connectivity index (χ2v) is 9.14. The van der Waals surface area contributed by atoms with E-state index in [0.29, 0.717) is 17.0 Å². The molecule has 6 atom stereocenters. The predicted molar refractivity (Wildman–Crippen MR) is 92.4 cm³/mol. The van der Waals surface area contributed by atoms with E-state index in [1.165, 1.54) is 44.7 Å².